The summed E-state index contributed by atoms with van der Waals surface area (Å²) in [5.74, 6) is -1.31. The van der Waals surface area contributed by atoms with Gasteiger partial charge in [-0.1, -0.05) is 17.4 Å². The summed E-state index contributed by atoms with van der Waals surface area (Å²) in [6.45, 7) is 3.36. The number of anilines is 3. The number of aryl methyl sites for hydroxylation is 1. The van der Waals surface area contributed by atoms with Gasteiger partial charge in [-0.3, -0.25) is 9.48 Å². The van der Waals surface area contributed by atoms with Crippen molar-refractivity contribution in [2.75, 3.05) is 42.1 Å². The number of nitrogen functional groups attached to an aromatic ring is 1. The summed E-state index contributed by atoms with van der Waals surface area (Å²) in [6, 6.07) is 3.53. The van der Waals surface area contributed by atoms with Crippen LogP contribution in [0, 0.1) is 11.6 Å². The van der Waals surface area contributed by atoms with E-state index in [1.807, 2.05) is 0 Å². The van der Waals surface area contributed by atoms with Crippen LogP contribution < -0.4 is 21.3 Å². The molecule has 4 N–H and O–H groups in total. The molecule has 2 aromatic heterocycles. The van der Waals surface area contributed by atoms with E-state index in [1.165, 1.54) is 6.07 Å². The van der Waals surface area contributed by atoms with E-state index in [1.54, 1.807) is 17.9 Å². The van der Waals surface area contributed by atoms with Gasteiger partial charge in [0.15, 0.2) is 11.5 Å². The van der Waals surface area contributed by atoms with Crippen molar-refractivity contribution in [1.82, 2.24) is 20.1 Å². The Morgan fingerprint density at radius 1 is 1.27 bits per heavy atom. The fourth-order valence-electron chi connectivity index (χ4n) is 3.44. The number of nitrogens with zero attached hydrogens (tertiary/aromatic N) is 4. The third kappa shape index (κ3) is 3.85. The van der Waals surface area contributed by atoms with Gasteiger partial charge in [0.05, 0.1) is 11.8 Å². The van der Waals surface area contributed by atoms with Gasteiger partial charge in [-0.05, 0) is 25.1 Å². The molecule has 0 bridgehead atoms. The number of aromatic nitrogens is 3. The minimum Gasteiger partial charge on any atom is -0.389 e. The van der Waals surface area contributed by atoms with E-state index in [4.69, 9.17) is 5.73 Å². The summed E-state index contributed by atoms with van der Waals surface area (Å²) < 4.78 is 29.9. The Hall–Kier alpha value is -3.05. The standard InChI is InChI=1S/C19H21F2N7OS/c1-27-19(28-8-3-6-23-7-9-28)13(10-24-27)25-17(29)15-16(22)30-18(26-15)14-11(20)4-2-5-12(14)21/h2,4-5,10,23H,3,6-9,22H2,1H3,(H,25,29). The van der Waals surface area contributed by atoms with Crippen molar-refractivity contribution in [3.63, 3.8) is 0 Å². The molecule has 158 valence electrons. The van der Waals surface area contributed by atoms with Crippen LogP contribution in [0.15, 0.2) is 24.4 Å². The molecule has 0 spiro atoms. The van der Waals surface area contributed by atoms with Crippen LogP contribution >= 0.6 is 11.3 Å². The number of amides is 1. The van der Waals surface area contributed by atoms with Crippen molar-refractivity contribution < 1.29 is 13.6 Å². The molecular formula is C19H21F2N7OS. The lowest BCUT2D eigenvalue weighted by Crippen LogP contribution is -2.30. The smallest absolute Gasteiger partial charge is 0.277 e. The predicted octanol–water partition coefficient (Wildman–Crippen LogP) is 2.46. The summed E-state index contributed by atoms with van der Waals surface area (Å²) in [7, 11) is 1.81. The van der Waals surface area contributed by atoms with E-state index in [0.29, 0.717) is 5.69 Å². The first-order valence-corrected chi connectivity index (χ1v) is 10.3. The average molecular weight is 433 g/mol. The Morgan fingerprint density at radius 2 is 2.03 bits per heavy atom. The van der Waals surface area contributed by atoms with Crippen LogP contribution in [0.3, 0.4) is 0 Å². The second kappa shape index (κ2) is 8.36. The van der Waals surface area contributed by atoms with E-state index in [9.17, 15) is 13.6 Å². The van der Waals surface area contributed by atoms with Crippen LogP contribution in [0.5, 0.6) is 0 Å². The fraction of sp³-hybridized carbons (Fsp3) is 0.316. The van der Waals surface area contributed by atoms with Gasteiger partial charge in [0, 0.05) is 26.7 Å². The number of hydrogen-bond acceptors (Lipinski definition) is 7. The molecule has 3 heterocycles. The molecule has 0 saturated carbocycles. The van der Waals surface area contributed by atoms with E-state index in [2.05, 4.69) is 25.6 Å². The van der Waals surface area contributed by atoms with Crippen molar-refractivity contribution in [1.29, 1.82) is 0 Å². The van der Waals surface area contributed by atoms with Gasteiger partial charge in [-0.25, -0.2) is 13.8 Å². The topological polar surface area (TPSA) is 101 Å². The molecular weight excluding hydrogens is 412 g/mol. The third-order valence-corrected chi connectivity index (χ3v) is 5.74. The van der Waals surface area contributed by atoms with Crippen molar-refractivity contribution in [2.45, 2.75) is 6.42 Å². The molecule has 4 rings (SSSR count). The first kappa shape index (κ1) is 20.2. The monoisotopic (exact) mass is 433 g/mol. The van der Waals surface area contributed by atoms with Gasteiger partial charge in [0.1, 0.15) is 27.3 Å². The van der Waals surface area contributed by atoms with Gasteiger partial charge < -0.3 is 21.3 Å². The number of carbonyl (C=O) groups excluding carboxylic acids is 1. The molecule has 0 unspecified atom stereocenters. The highest BCUT2D eigenvalue weighted by atomic mass is 32.1. The zero-order chi connectivity index (χ0) is 21.3. The first-order chi connectivity index (χ1) is 14.5. The number of thiazole rings is 1. The van der Waals surface area contributed by atoms with Crippen LogP contribution in [0.1, 0.15) is 16.9 Å². The number of hydrogen-bond donors (Lipinski definition) is 3. The summed E-state index contributed by atoms with van der Waals surface area (Å²) in [5.41, 5.74) is 6.10. The molecule has 3 aromatic rings. The molecule has 1 aliphatic heterocycles. The van der Waals surface area contributed by atoms with E-state index < -0.39 is 17.5 Å². The van der Waals surface area contributed by atoms with Gasteiger partial charge in [0.2, 0.25) is 0 Å². The molecule has 1 amide bonds. The summed E-state index contributed by atoms with van der Waals surface area (Å²) in [5, 5.41) is 10.5. The van der Waals surface area contributed by atoms with Gasteiger partial charge >= 0.3 is 0 Å². The van der Waals surface area contributed by atoms with Crippen LogP contribution in [0.4, 0.5) is 25.3 Å². The zero-order valence-corrected chi connectivity index (χ0v) is 17.1. The minimum atomic E-state index is -0.764. The molecule has 1 fully saturated rings. The van der Waals surface area contributed by atoms with Crippen LogP contribution in [-0.4, -0.2) is 46.9 Å². The summed E-state index contributed by atoms with van der Waals surface area (Å²) >= 11 is 0.861. The Kier molecular flexibility index (Phi) is 5.64. The SMILES string of the molecule is Cn1ncc(NC(=O)c2nc(-c3c(F)cccc3F)sc2N)c1N1CCCNCC1. The number of nitrogens with two attached hydrogens (primary N) is 1. The molecule has 8 nitrogen and oxygen atoms in total. The predicted molar refractivity (Wildman–Crippen MR) is 113 cm³/mol. The lowest BCUT2D eigenvalue weighted by molar-refractivity contribution is 0.102. The van der Waals surface area contributed by atoms with Crippen molar-refractivity contribution in [3.8, 4) is 10.6 Å². The van der Waals surface area contributed by atoms with E-state index in [0.717, 1.165) is 61.9 Å². The average Bonchev–Trinajstić information content (AvgIpc) is 3.13. The first-order valence-electron chi connectivity index (χ1n) is 9.45. The molecule has 1 aromatic carbocycles. The van der Waals surface area contributed by atoms with E-state index in [-0.39, 0.29) is 21.3 Å². The van der Waals surface area contributed by atoms with E-state index >= 15 is 0 Å². The quantitative estimate of drug-likeness (QED) is 0.584. The van der Waals surface area contributed by atoms with Crippen molar-refractivity contribution >= 4 is 33.8 Å². The summed E-state index contributed by atoms with van der Waals surface area (Å²) in [4.78, 5) is 19.1. The van der Waals surface area contributed by atoms with Gasteiger partial charge in [0.25, 0.3) is 5.91 Å². The Morgan fingerprint density at radius 3 is 2.80 bits per heavy atom. The fourth-order valence-corrected chi connectivity index (χ4v) is 4.31. The highest BCUT2D eigenvalue weighted by Gasteiger charge is 2.24. The number of carbonyl (C=O) groups is 1. The second-order valence-electron chi connectivity index (χ2n) is 6.88. The Bertz CT molecular complexity index is 1050. The molecule has 1 aliphatic rings. The molecule has 1 saturated heterocycles. The maximum atomic E-state index is 14.1. The van der Waals surface area contributed by atoms with Crippen LogP contribution in [0.2, 0.25) is 0 Å². The Balaban J connectivity index is 1.61. The number of nitrogens with one attached hydrogen (secondary N) is 2. The van der Waals surface area contributed by atoms with Crippen LogP contribution in [0.25, 0.3) is 10.6 Å². The molecule has 0 radical (unpaired) electrons. The largest absolute Gasteiger partial charge is 0.389 e. The lowest BCUT2D eigenvalue weighted by atomic mass is 10.2. The molecule has 0 aliphatic carbocycles. The van der Waals surface area contributed by atoms with Crippen molar-refractivity contribution in [2.24, 2.45) is 7.05 Å². The van der Waals surface area contributed by atoms with Gasteiger partial charge in [-0.2, -0.15) is 5.10 Å². The van der Waals surface area contributed by atoms with Gasteiger partial charge in [-0.15, -0.1) is 0 Å². The highest BCUT2D eigenvalue weighted by molar-refractivity contribution is 7.19. The zero-order valence-electron chi connectivity index (χ0n) is 16.3. The molecule has 11 heteroatoms. The normalized spacial score (nSPS) is 14.6. The number of rotatable bonds is 4. The molecule has 0 atom stereocenters. The molecule has 30 heavy (non-hydrogen) atoms. The highest BCUT2D eigenvalue weighted by Crippen LogP contribution is 2.34. The second-order valence-corrected chi connectivity index (χ2v) is 7.91. The third-order valence-electron chi connectivity index (χ3n) is 4.84. The number of halogens is 2. The summed E-state index contributed by atoms with van der Waals surface area (Å²) in [6.07, 6.45) is 2.53. The maximum Gasteiger partial charge on any atom is 0.277 e. The lowest BCUT2D eigenvalue weighted by Gasteiger charge is -2.23. The van der Waals surface area contributed by atoms with Crippen molar-refractivity contribution in [3.05, 3.63) is 41.7 Å². The Labute approximate surface area is 175 Å². The maximum absolute atomic E-state index is 14.1. The van der Waals surface area contributed by atoms with Crippen LogP contribution in [-0.2, 0) is 7.05 Å². The minimum absolute atomic E-state index is 0.0123. The number of benzene rings is 1.